The number of ketones is 1. The van der Waals surface area contributed by atoms with E-state index in [0.29, 0.717) is 18.1 Å². The fourth-order valence-corrected chi connectivity index (χ4v) is 4.90. The van der Waals surface area contributed by atoms with Crippen molar-refractivity contribution in [2.24, 2.45) is 23.2 Å². The van der Waals surface area contributed by atoms with Crippen molar-refractivity contribution in [3.05, 3.63) is 22.8 Å². The standard InChI is InChI=1S/C19H28O/c1-5-14-6-7-15-13(3)18(20)10-17-12(2)8-9-19(17,4)11-16(14)15/h11,13-15H,5-10H2,1-4H3/b16-11-. The highest BCUT2D eigenvalue weighted by Gasteiger charge is 2.43. The van der Waals surface area contributed by atoms with Crippen molar-refractivity contribution in [1.29, 1.82) is 0 Å². The van der Waals surface area contributed by atoms with E-state index in [9.17, 15) is 4.79 Å². The summed E-state index contributed by atoms with van der Waals surface area (Å²) in [6, 6.07) is 0. The maximum Gasteiger partial charge on any atom is 0.140 e. The van der Waals surface area contributed by atoms with Gasteiger partial charge in [-0.3, -0.25) is 4.79 Å². The van der Waals surface area contributed by atoms with Gasteiger partial charge in [0.05, 0.1) is 0 Å². The summed E-state index contributed by atoms with van der Waals surface area (Å²) in [6.45, 7) is 9.09. The molecule has 0 aromatic rings. The van der Waals surface area contributed by atoms with Crippen LogP contribution in [0, 0.1) is 23.2 Å². The molecule has 0 aromatic carbocycles. The number of hydrogen-bond acceptors (Lipinski definition) is 1. The van der Waals surface area contributed by atoms with Gasteiger partial charge in [-0.25, -0.2) is 0 Å². The van der Waals surface area contributed by atoms with Gasteiger partial charge in [-0.05, 0) is 50.9 Å². The molecular weight excluding hydrogens is 244 g/mol. The molecule has 3 aliphatic rings. The van der Waals surface area contributed by atoms with E-state index in [0.717, 1.165) is 5.92 Å². The third-order valence-electron chi connectivity index (χ3n) is 6.39. The molecule has 0 amide bonds. The van der Waals surface area contributed by atoms with Crippen molar-refractivity contribution in [3.63, 3.8) is 0 Å². The van der Waals surface area contributed by atoms with Crippen LogP contribution in [0.5, 0.6) is 0 Å². The zero-order valence-corrected chi connectivity index (χ0v) is 13.5. The minimum Gasteiger partial charge on any atom is -0.299 e. The van der Waals surface area contributed by atoms with Crippen molar-refractivity contribution in [2.75, 3.05) is 0 Å². The molecule has 0 radical (unpaired) electrons. The predicted octanol–water partition coefficient (Wildman–Crippen LogP) is 5.07. The molecule has 1 nitrogen and oxygen atoms in total. The molecule has 20 heavy (non-hydrogen) atoms. The molecule has 0 aliphatic heterocycles. The highest BCUT2D eigenvalue weighted by atomic mass is 16.1. The Morgan fingerprint density at radius 1 is 1.35 bits per heavy atom. The van der Waals surface area contributed by atoms with Crippen LogP contribution in [0.15, 0.2) is 22.8 Å². The van der Waals surface area contributed by atoms with Crippen molar-refractivity contribution in [1.82, 2.24) is 0 Å². The molecule has 4 unspecified atom stereocenters. The molecule has 110 valence electrons. The van der Waals surface area contributed by atoms with E-state index in [-0.39, 0.29) is 11.3 Å². The Balaban J connectivity index is 2.11. The number of carbonyl (C=O) groups excluding carboxylic acids is 1. The summed E-state index contributed by atoms with van der Waals surface area (Å²) < 4.78 is 0. The summed E-state index contributed by atoms with van der Waals surface area (Å²) in [5.41, 5.74) is 4.73. The SMILES string of the molecule is CCC1CCC2/C1=C\C1(C)CCC(C)=C1CC(=O)C2C. The summed E-state index contributed by atoms with van der Waals surface area (Å²) in [5, 5.41) is 0. The second-order valence-electron chi connectivity index (χ2n) is 7.54. The van der Waals surface area contributed by atoms with E-state index in [2.05, 4.69) is 33.8 Å². The molecule has 1 fully saturated rings. The molecule has 0 saturated heterocycles. The lowest BCUT2D eigenvalue weighted by atomic mass is 9.70. The number of hydrogen-bond donors (Lipinski definition) is 0. The number of allylic oxidation sites excluding steroid dienone is 4. The second kappa shape index (κ2) is 4.86. The first-order valence-electron chi connectivity index (χ1n) is 8.40. The topological polar surface area (TPSA) is 17.1 Å². The van der Waals surface area contributed by atoms with Gasteiger partial charge in [0.2, 0.25) is 0 Å². The van der Waals surface area contributed by atoms with Gasteiger partial charge in [0.1, 0.15) is 5.78 Å². The van der Waals surface area contributed by atoms with Crippen LogP contribution in [0.3, 0.4) is 0 Å². The molecule has 3 aliphatic carbocycles. The zero-order valence-electron chi connectivity index (χ0n) is 13.5. The van der Waals surface area contributed by atoms with Crippen LogP contribution >= 0.6 is 0 Å². The van der Waals surface area contributed by atoms with Gasteiger partial charge in [-0.15, -0.1) is 0 Å². The molecular formula is C19H28O. The van der Waals surface area contributed by atoms with Gasteiger partial charge in [0, 0.05) is 17.8 Å². The average molecular weight is 272 g/mol. The first kappa shape index (κ1) is 14.1. The van der Waals surface area contributed by atoms with Crippen LogP contribution in [-0.2, 0) is 4.79 Å². The van der Waals surface area contributed by atoms with Gasteiger partial charge < -0.3 is 0 Å². The summed E-state index contributed by atoms with van der Waals surface area (Å²) in [7, 11) is 0. The molecule has 3 rings (SSSR count). The third-order valence-corrected chi connectivity index (χ3v) is 6.39. The van der Waals surface area contributed by atoms with E-state index in [1.54, 1.807) is 5.57 Å². The maximum absolute atomic E-state index is 12.7. The first-order chi connectivity index (χ1) is 9.46. The number of Topliss-reactive ketones (excluding diaryl/α,β-unsaturated/α-hetero) is 1. The Morgan fingerprint density at radius 2 is 2.10 bits per heavy atom. The van der Waals surface area contributed by atoms with Gasteiger partial charge in [0.15, 0.2) is 0 Å². The normalized spacial score (nSPS) is 43.7. The van der Waals surface area contributed by atoms with Crippen LogP contribution in [-0.4, -0.2) is 5.78 Å². The van der Waals surface area contributed by atoms with Crippen LogP contribution in [0.1, 0.15) is 66.2 Å². The van der Waals surface area contributed by atoms with Crippen molar-refractivity contribution in [2.45, 2.75) is 66.2 Å². The monoisotopic (exact) mass is 272 g/mol. The quantitative estimate of drug-likeness (QED) is 0.609. The molecule has 0 bridgehead atoms. The van der Waals surface area contributed by atoms with Gasteiger partial charge >= 0.3 is 0 Å². The van der Waals surface area contributed by atoms with Crippen molar-refractivity contribution >= 4 is 5.78 Å². The largest absolute Gasteiger partial charge is 0.299 e. The molecule has 1 heteroatoms. The van der Waals surface area contributed by atoms with E-state index >= 15 is 0 Å². The lowest BCUT2D eigenvalue weighted by molar-refractivity contribution is -0.123. The number of rotatable bonds is 1. The van der Waals surface area contributed by atoms with Crippen LogP contribution in [0.2, 0.25) is 0 Å². The Labute approximate surface area is 123 Å². The summed E-state index contributed by atoms with van der Waals surface area (Å²) in [5.74, 6) is 1.97. The van der Waals surface area contributed by atoms with Crippen LogP contribution in [0.25, 0.3) is 0 Å². The molecule has 4 atom stereocenters. The average Bonchev–Trinajstić information content (AvgIpc) is 2.93. The Hall–Kier alpha value is -0.850. The van der Waals surface area contributed by atoms with Crippen LogP contribution in [0.4, 0.5) is 0 Å². The second-order valence-corrected chi connectivity index (χ2v) is 7.54. The first-order valence-corrected chi connectivity index (χ1v) is 8.40. The third kappa shape index (κ3) is 2.01. The van der Waals surface area contributed by atoms with E-state index in [1.807, 2.05) is 0 Å². The Kier molecular flexibility index (Phi) is 3.43. The van der Waals surface area contributed by atoms with Gasteiger partial charge in [0.25, 0.3) is 0 Å². The molecule has 0 heterocycles. The molecule has 0 aromatic heterocycles. The number of carbonyl (C=O) groups is 1. The fourth-order valence-electron chi connectivity index (χ4n) is 4.90. The lowest BCUT2D eigenvalue weighted by Crippen LogP contribution is -2.28. The smallest absolute Gasteiger partial charge is 0.140 e. The fraction of sp³-hybridized carbons (Fsp3) is 0.737. The molecule has 0 N–H and O–H groups in total. The molecule has 1 saturated carbocycles. The van der Waals surface area contributed by atoms with Crippen LogP contribution < -0.4 is 0 Å². The maximum atomic E-state index is 12.7. The van der Waals surface area contributed by atoms with Crippen molar-refractivity contribution < 1.29 is 4.79 Å². The van der Waals surface area contributed by atoms with E-state index < -0.39 is 0 Å². The minimum atomic E-state index is 0.172. The van der Waals surface area contributed by atoms with E-state index in [1.165, 1.54) is 43.3 Å². The predicted molar refractivity (Wildman–Crippen MR) is 83.4 cm³/mol. The lowest BCUT2D eigenvalue weighted by Gasteiger charge is -2.33. The number of fused-ring (bicyclic) bond motifs is 2. The van der Waals surface area contributed by atoms with Gasteiger partial charge in [-0.2, -0.15) is 0 Å². The Bertz CT molecular complexity index is 496. The summed E-state index contributed by atoms with van der Waals surface area (Å²) in [4.78, 5) is 12.7. The highest BCUT2D eigenvalue weighted by Crippen LogP contribution is 2.53. The van der Waals surface area contributed by atoms with Crippen molar-refractivity contribution in [3.8, 4) is 0 Å². The van der Waals surface area contributed by atoms with E-state index in [4.69, 9.17) is 0 Å². The summed E-state index contributed by atoms with van der Waals surface area (Å²) >= 11 is 0. The highest BCUT2D eigenvalue weighted by molar-refractivity contribution is 5.84. The Morgan fingerprint density at radius 3 is 2.80 bits per heavy atom. The van der Waals surface area contributed by atoms with Gasteiger partial charge in [-0.1, -0.05) is 43.6 Å². The minimum absolute atomic E-state index is 0.172. The summed E-state index contributed by atoms with van der Waals surface area (Å²) in [6.07, 6.45) is 9.46. The zero-order chi connectivity index (χ0) is 14.5. The molecule has 0 spiro atoms.